The number of nitrogens with zero attached hydrogens (tertiary/aromatic N) is 1. The molecule has 9 heteroatoms. The molecule has 0 saturated carbocycles. The molecule has 24 heavy (non-hydrogen) atoms. The number of hydrogen-bond donors (Lipinski definition) is 1. The number of thioether (sulfide) groups is 1. The minimum absolute atomic E-state index is 0.0909. The predicted octanol–water partition coefficient (Wildman–Crippen LogP) is 1.33. The van der Waals surface area contributed by atoms with E-state index < -0.39 is 29.1 Å². The Morgan fingerprint density at radius 3 is 2.50 bits per heavy atom. The van der Waals surface area contributed by atoms with Crippen LogP contribution in [0, 0.1) is 0 Å². The zero-order valence-corrected chi connectivity index (χ0v) is 15.9. The predicted molar refractivity (Wildman–Crippen MR) is 91.3 cm³/mol. The molecule has 0 aromatic heterocycles. The lowest BCUT2D eigenvalue weighted by atomic mass is 10.0. The molecule has 0 bridgehead atoms. The van der Waals surface area contributed by atoms with Gasteiger partial charge in [0.15, 0.2) is 11.5 Å². The van der Waals surface area contributed by atoms with Crippen molar-refractivity contribution in [3.05, 3.63) is 11.3 Å². The largest absolute Gasteiger partial charge is 0.455 e. The quantitative estimate of drug-likeness (QED) is 0.344. The van der Waals surface area contributed by atoms with Crippen LogP contribution in [0.4, 0.5) is 0 Å². The Bertz CT molecular complexity index is 597. The number of amides is 1. The zero-order valence-electron chi connectivity index (χ0n) is 14.2. The number of hydrogen-bond acceptors (Lipinski definition) is 8. The topological polar surface area (TPSA) is 82.1 Å². The van der Waals surface area contributed by atoms with E-state index in [9.17, 15) is 14.4 Å². The molecule has 0 radical (unpaired) electrons. The fraction of sp³-hybridized carbons (Fsp3) is 0.667. The van der Waals surface area contributed by atoms with Gasteiger partial charge in [-0.05, 0) is 20.8 Å². The van der Waals surface area contributed by atoms with Gasteiger partial charge < -0.3 is 14.2 Å². The number of methoxy groups -OCH3 is 1. The molecule has 1 amide bonds. The van der Waals surface area contributed by atoms with Crippen molar-refractivity contribution in [3.63, 3.8) is 0 Å². The van der Waals surface area contributed by atoms with E-state index >= 15 is 0 Å². The summed E-state index contributed by atoms with van der Waals surface area (Å²) < 4.78 is 15.7. The summed E-state index contributed by atoms with van der Waals surface area (Å²) in [6.07, 6.45) is -0.596. The van der Waals surface area contributed by atoms with Gasteiger partial charge in [0.25, 0.3) is 5.91 Å². The average Bonchev–Trinajstić information content (AvgIpc) is 2.43. The first-order valence-electron chi connectivity index (χ1n) is 7.36. The Morgan fingerprint density at radius 2 is 2.00 bits per heavy atom. The van der Waals surface area contributed by atoms with Crippen LogP contribution >= 0.6 is 24.4 Å². The maximum atomic E-state index is 12.6. The second kappa shape index (κ2) is 6.97. The molecule has 7 nitrogen and oxygen atoms in total. The van der Waals surface area contributed by atoms with E-state index in [1.807, 2.05) is 0 Å². The first-order chi connectivity index (χ1) is 11.1. The molecular weight excluding hydrogens is 354 g/mol. The minimum atomic E-state index is -0.923. The SMILES string of the molecule is CO[C@@H]1C(=O)N2C(C(=O)OC(C)(C)C)=C(C(S)OC(C)=O)CS[C@H]12. The molecule has 0 aliphatic carbocycles. The van der Waals surface area contributed by atoms with Gasteiger partial charge in [-0.25, -0.2) is 4.79 Å². The maximum Gasteiger partial charge on any atom is 0.355 e. The maximum absolute atomic E-state index is 12.6. The number of rotatable bonds is 4. The summed E-state index contributed by atoms with van der Waals surface area (Å²) in [4.78, 5) is 37.5. The van der Waals surface area contributed by atoms with E-state index in [0.717, 1.165) is 0 Å². The Balaban J connectivity index is 2.39. The van der Waals surface area contributed by atoms with Gasteiger partial charge in [-0.15, -0.1) is 24.4 Å². The summed E-state index contributed by atoms with van der Waals surface area (Å²) in [5.74, 6) is -1.11. The molecule has 0 N–H and O–H groups in total. The number of esters is 2. The second-order valence-corrected chi connectivity index (χ2v) is 7.98. The first-order valence-corrected chi connectivity index (χ1v) is 8.92. The molecule has 2 heterocycles. The molecule has 2 aliphatic heterocycles. The van der Waals surface area contributed by atoms with Crippen molar-refractivity contribution in [2.45, 2.75) is 50.2 Å². The van der Waals surface area contributed by atoms with E-state index in [2.05, 4.69) is 12.6 Å². The van der Waals surface area contributed by atoms with Gasteiger partial charge in [-0.3, -0.25) is 14.5 Å². The van der Waals surface area contributed by atoms with Crippen LogP contribution in [-0.4, -0.2) is 58.1 Å². The van der Waals surface area contributed by atoms with E-state index in [4.69, 9.17) is 14.2 Å². The molecule has 1 saturated heterocycles. The zero-order chi connectivity index (χ0) is 18.2. The summed E-state index contributed by atoms with van der Waals surface area (Å²) in [6.45, 7) is 6.46. The van der Waals surface area contributed by atoms with Crippen LogP contribution in [0.3, 0.4) is 0 Å². The van der Waals surface area contributed by atoms with Gasteiger partial charge in [0, 0.05) is 25.4 Å². The fourth-order valence-electron chi connectivity index (χ4n) is 2.43. The van der Waals surface area contributed by atoms with E-state index in [1.165, 1.54) is 30.7 Å². The highest BCUT2D eigenvalue weighted by Gasteiger charge is 2.55. The Hall–Kier alpha value is -1.19. The highest BCUT2D eigenvalue weighted by Crippen LogP contribution is 2.43. The van der Waals surface area contributed by atoms with Crippen molar-refractivity contribution >= 4 is 42.2 Å². The minimum Gasteiger partial charge on any atom is -0.455 e. The summed E-state index contributed by atoms with van der Waals surface area (Å²) in [5.41, 5.74) is -1.12. The van der Waals surface area contributed by atoms with E-state index in [1.54, 1.807) is 20.8 Å². The molecule has 0 aromatic carbocycles. The first kappa shape index (κ1) is 19.1. The number of β-lactam (4-membered cyclic amide) rings is 1. The van der Waals surface area contributed by atoms with Crippen LogP contribution in [0.2, 0.25) is 0 Å². The van der Waals surface area contributed by atoms with Gasteiger partial charge >= 0.3 is 11.9 Å². The van der Waals surface area contributed by atoms with Crippen molar-refractivity contribution in [1.82, 2.24) is 4.90 Å². The number of ether oxygens (including phenoxy) is 3. The summed E-state index contributed by atoms with van der Waals surface area (Å²) in [5, 5.41) is -0.299. The molecule has 2 aliphatic rings. The molecule has 0 spiro atoms. The summed E-state index contributed by atoms with van der Waals surface area (Å²) in [6, 6.07) is 0. The summed E-state index contributed by atoms with van der Waals surface area (Å²) in [7, 11) is 1.45. The van der Waals surface area contributed by atoms with Crippen LogP contribution < -0.4 is 0 Å². The number of carbonyl (C=O) groups excluding carboxylic acids is 3. The van der Waals surface area contributed by atoms with Crippen molar-refractivity contribution in [2.75, 3.05) is 12.9 Å². The van der Waals surface area contributed by atoms with Crippen LogP contribution in [0.1, 0.15) is 27.7 Å². The second-order valence-electron chi connectivity index (χ2n) is 6.40. The standard InChI is InChI=1S/C15H21NO6S2/c1-7(17)21-14(23)8-6-24-12-10(20-5)11(18)16(12)9(8)13(19)22-15(2,3)4/h10,12,14,23H,6H2,1-5H3/t10-,12-,14?/m1/s1. The average molecular weight is 375 g/mol. The van der Waals surface area contributed by atoms with Gasteiger partial charge in [0.2, 0.25) is 0 Å². The van der Waals surface area contributed by atoms with Gasteiger partial charge in [0.05, 0.1) is 0 Å². The van der Waals surface area contributed by atoms with Crippen molar-refractivity contribution in [3.8, 4) is 0 Å². The molecule has 2 rings (SSSR count). The van der Waals surface area contributed by atoms with E-state index in [0.29, 0.717) is 11.3 Å². The van der Waals surface area contributed by atoms with Crippen LogP contribution in [0.25, 0.3) is 0 Å². The highest BCUT2D eigenvalue weighted by atomic mass is 32.2. The third-order valence-electron chi connectivity index (χ3n) is 3.37. The molecule has 1 fully saturated rings. The third-order valence-corrected chi connectivity index (χ3v) is 5.07. The van der Waals surface area contributed by atoms with Crippen LogP contribution in [-0.2, 0) is 28.6 Å². The normalized spacial score (nSPS) is 24.9. The lowest BCUT2D eigenvalue weighted by Gasteiger charge is -2.49. The molecular formula is C15H21NO6S2. The van der Waals surface area contributed by atoms with Crippen molar-refractivity contribution in [2.24, 2.45) is 0 Å². The van der Waals surface area contributed by atoms with Gasteiger partial charge in [0.1, 0.15) is 16.7 Å². The molecule has 1 unspecified atom stereocenters. The monoisotopic (exact) mass is 375 g/mol. The van der Waals surface area contributed by atoms with Crippen molar-refractivity contribution < 1.29 is 28.6 Å². The van der Waals surface area contributed by atoms with Crippen molar-refractivity contribution in [1.29, 1.82) is 0 Å². The Kier molecular flexibility index (Phi) is 5.56. The van der Waals surface area contributed by atoms with Gasteiger partial charge in [-0.1, -0.05) is 0 Å². The Labute approximate surface area is 150 Å². The highest BCUT2D eigenvalue weighted by molar-refractivity contribution is 8.00. The summed E-state index contributed by atoms with van der Waals surface area (Å²) >= 11 is 5.68. The lowest BCUT2D eigenvalue weighted by molar-refractivity contribution is -0.167. The number of carbonyl (C=O) groups is 3. The molecule has 134 valence electrons. The fourth-order valence-corrected chi connectivity index (χ4v) is 4.31. The van der Waals surface area contributed by atoms with E-state index in [-0.39, 0.29) is 17.0 Å². The Morgan fingerprint density at radius 1 is 1.38 bits per heavy atom. The third kappa shape index (κ3) is 3.73. The van der Waals surface area contributed by atoms with Gasteiger partial charge in [-0.2, -0.15) is 0 Å². The molecule has 3 atom stereocenters. The smallest absolute Gasteiger partial charge is 0.355 e. The molecule has 0 aromatic rings. The lowest BCUT2D eigenvalue weighted by Crippen LogP contribution is -2.66. The number of fused-ring (bicyclic) bond motifs is 1. The number of thiol groups is 1. The van der Waals surface area contributed by atoms with Crippen LogP contribution in [0.15, 0.2) is 11.3 Å². The van der Waals surface area contributed by atoms with Crippen LogP contribution in [0.5, 0.6) is 0 Å².